The summed E-state index contributed by atoms with van der Waals surface area (Å²) in [6.07, 6.45) is 0.112. The Hall–Kier alpha value is -4.23. The summed E-state index contributed by atoms with van der Waals surface area (Å²) in [4.78, 5) is 26.7. The highest BCUT2D eigenvalue weighted by molar-refractivity contribution is 6.32. The van der Waals surface area contributed by atoms with E-state index in [2.05, 4.69) is 0 Å². The Balaban J connectivity index is 1.79. The molecule has 0 fully saturated rings. The van der Waals surface area contributed by atoms with Gasteiger partial charge in [-0.1, -0.05) is 73.8 Å². The molecule has 0 aliphatic carbocycles. The summed E-state index contributed by atoms with van der Waals surface area (Å²) >= 11 is 18.7. The first-order valence-electron chi connectivity index (χ1n) is 13.6. The van der Waals surface area contributed by atoms with E-state index in [4.69, 9.17) is 53.8 Å². The van der Waals surface area contributed by atoms with Crippen molar-refractivity contribution >= 4 is 57.5 Å². The van der Waals surface area contributed by atoms with Crippen molar-refractivity contribution < 1.29 is 28.5 Å². The standard InChI is InChI=1S/C35H27Cl3O6/c1-35(2,3)20-29(39)43-30-27-18-13-24(38)19-28(27)31(44-34(40)21-7-5-4-6-8-21)33(42-26-16-11-23(37)12-17-26)32(30)41-25-14-9-22(36)10-15-25/h4-19H,20H2,1-3H3. The van der Waals surface area contributed by atoms with E-state index in [0.29, 0.717) is 42.9 Å². The number of rotatable bonds is 8. The highest BCUT2D eigenvalue weighted by atomic mass is 35.5. The van der Waals surface area contributed by atoms with Gasteiger partial charge in [-0.15, -0.1) is 0 Å². The Kier molecular flexibility index (Phi) is 9.35. The van der Waals surface area contributed by atoms with Crippen LogP contribution in [-0.4, -0.2) is 11.9 Å². The molecule has 0 heterocycles. The fourth-order valence-electron chi connectivity index (χ4n) is 4.29. The van der Waals surface area contributed by atoms with Gasteiger partial charge in [0.15, 0.2) is 11.5 Å². The molecule has 0 aliphatic heterocycles. The predicted octanol–water partition coefficient (Wildman–Crippen LogP) is 10.9. The molecule has 9 heteroatoms. The van der Waals surface area contributed by atoms with Crippen LogP contribution < -0.4 is 18.9 Å². The fourth-order valence-corrected chi connectivity index (χ4v) is 4.72. The van der Waals surface area contributed by atoms with Crippen LogP contribution in [0.25, 0.3) is 10.8 Å². The lowest BCUT2D eigenvalue weighted by Gasteiger charge is -2.23. The molecule has 0 amide bonds. The maximum absolute atomic E-state index is 13.4. The molecule has 0 aromatic heterocycles. The van der Waals surface area contributed by atoms with Crippen molar-refractivity contribution in [3.05, 3.63) is 118 Å². The number of carbonyl (C=O) groups excluding carboxylic acids is 2. The Morgan fingerprint density at radius 3 is 1.61 bits per heavy atom. The minimum atomic E-state index is -0.650. The van der Waals surface area contributed by atoms with Crippen molar-refractivity contribution in [3.63, 3.8) is 0 Å². The molecule has 6 nitrogen and oxygen atoms in total. The SMILES string of the molecule is CC(C)(C)CC(=O)Oc1c(Oc2ccc(Cl)cc2)c(Oc2ccc(Cl)cc2)c(OC(=O)c2ccccc2)c2cc(Cl)ccc12. The van der Waals surface area contributed by atoms with Gasteiger partial charge in [-0.25, -0.2) is 4.79 Å². The molecule has 44 heavy (non-hydrogen) atoms. The third kappa shape index (κ3) is 7.64. The van der Waals surface area contributed by atoms with Crippen molar-refractivity contribution in [2.75, 3.05) is 0 Å². The molecule has 0 atom stereocenters. The monoisotopic (exact) mass is 648 g/mol. The molecule has 0 spiro atoms. The second kappa shape index (κ2) is 13.2. The molecule has 0 bridgehead atoms. The van der Waals surface area contributed by atoms with Gasteiger partial charge in [0, 0.05) is 25.8 Å². The maximum Gasteiger partial charge on any atom is 0.343 e. The smallest absolute Gasteiger partial charge is 0.343 e. The van der Waals surface area contributed by atoms with Crippen LogP contribution in [0.2, 0.25) is 15.1 Å². The van der Waals surface area contributed by atoms with Gasteiger partial charge in [-0.05, 0) is 84.3 Å². The minimum Gasteiger partial charge on any atom is -0.449 e. The normalized spacial score (nSPS) is 11.2. The summed E-state index contributed by atoms with van der Waals surface area (Å²) < 4.78 is 24.8. The lowest BCUT2D eigenvalue weighted by Crippen LogP contribution is -2.18. The zero-order valence-corrected chi connectivity index (χ0v) is 26.3. The number of esters is 2. The van der Waals surface area contributed by atoms with E-state index in [1.165, 1.54) is 0 Å². The summed E-state index contributed by atoms with van der Waals surface area (Å²) in [6, 6.07) is 26.6. The largest absolute Gasteiger partial charge is 0.449 e. The number of benzene rings is 5. The first-order chi connectivity index (χ1) is 21.0. The third-order valence-corrected chi connectivity index (χ3v) is 6.99. The average Bonchev–Trinajstić information content (AvgIpc) is 2.98. The number of fused-ring (bicyclic) bond motifs is 1. The van der Waals surface area contributed by atoms with Crippen LogP contribution in [0.3, 0.4) is 0 Å². The van der Waals surface area contributed by atoms with E-state index in [1.54, 1.807) is 97.1 Å². The maximum atomic E-state index is 13.4. The van der Waals surface area contributed by atoms with Crippen molar-refractivity contribution in [2.45, 2.75) is 27.2 Å². The molecule has 5 aromatic carbocycles. The fraction of sp³-hybridized carbons (Fsp3) is 0.143. The van der Waals surface area contributed by atoms with Crippen LogP contribution in [0.4, 0.5) is 0 Å². The van der Waals surface area contributed by atoms with E-state index in [-0.39, 0.29) is 34.8 Å². The number of halogens is 3. The molecule has 0 saturated carbocycles. The van der Waals surface area contributed by atoms with E-state index < -0.39 is 11.9 Å². The number of hydrogen-bond acceptors (Lipinski definition) is 6. The molecule has 5 rings (SSSR count). The van der Waals surface area contributed by atoms with Gasteiger partial charge in [0.1, 0.15) is 11.5 Å². The molecule has 0 aliphatic rings. The second-order valence-electron chi connectivity index (χ2n) is 11.1. The topological polar surface area (TPSA) is 71.1 Å². The summed E-state index contributed by atoms with van der Waals surface area (Å²) in [5.74, 6) is -0.410. The first-order valence-corrected chi connectivity index (χ1v) is 14.7. The van der Waals surface area contributed by atoms with Crippen LogP contribution in [0.1, 0.15) is 37.6 Å². The first kappa shape index (κ1) is 31.2. The predicted molar refractivity (Wildman–Crippen MR) is 173 cm³/mol. The number of ether oxygens (including phenoxy) is 4. The third-order valence-electron chi connectivity index (χ3n) is 6.25. The average molecular weight is 650 g/mol. The van der Waals surface area contributed by atoms with Gasteiger partial charge < -0.3 is 18.9 Å². The summed E-state index contributed by atoms with van der Waals surface area (Å²) in [7, 11) is 0. The molecule has 5 aromatic rings. The molecule has 0 radical (unpaired) electrons. The van der Waals surface area contributed by atoms with Gasteiger partial charge in [-0.3, -0.25) is 4.79 Å². The van der Waals surface area contributed by atoms with Gasteiger partial charge in [0.05, 0.1) is 12.0 Å². The molecule has 0 N–H and O–H groups in total. The van der Waals surface area contributed by atoms with E-state index in [0.717, 1.165) is 0 Å². The molecular weight excluding hydrogens is 623 g/mol. The Labute approximate surface area is 270 Å². The molecule has 0 unspecified atom stereocenters. The van der Waals surface area contributed by atoms with Gasteiger partial charge in [-0.2, -0.15) is 0 Å². The summed E-state index contributed by atoms with van der Waals surface area (Å²) in [5.41, 5.74) is -0.0535. The van der Waals surface area contributed by atoms with Crippen molar-refractivity contribution in [3.8, 4) is 34.5 Å². The Morgan fingerprint density at radius 2 is 1.09 bits per heavy atom. The van der Waals surface area contributed by atoms with Crippen molar-refractivity contribution in [1.29, 1.82) is 0 Å². The van der Waals surface area contributed by atoms with E-state index in [1.807, 2.05) is 20.8 Å². The zero-order valence-electron chi connectivity index (χ0n) is 24.0. The van der Waals surface area contributed by atoms with Crippen LogP contribution in [0.15, 0.2) is 97.1 Å². The molecular formula is C35H27Cl3O6. The Bertz CT molecular complexity index is 1810. The summed E-state index contributed by atoms with van der Waals surface area (Å²) in [6.45, 7) is 5.79. The van der Waals surface area contributed by atoms with E-state index in [9.17, 15) is 9.59 Å². The summed E-state index contributed by atoms with van der Waals surface area (Å²) in [5, 5.41) is 2.10. The highest BCUT2D eigenvalue weighted by Gasteiger charge is 2.30. The van der Waals surface area contributed by atoms with Gasteiger partial charge >= 0.3 is 11.9 Å². The minimum absolute atomic E-state index is 0.00443. The van der Waals surface area contributed by atoms with Crippen molar-refractivity contribution in [1.82, 2.24) is 0 Å². The van der Waals surface area contributed by atoms with Crippen molar-refractivity contribution in [2.24, 2.45) is 5.41 Å². The van der Waals surface area contributed by atoms with E-state index >= 15 is 0 Å². The van der Waals surface area contributed by atoms with Crippen LogP contribution in [0.5, 0.6) is 34.5 Å². The Morgan fingerprint density at radius 1 is 0.591 bits per heavy atom. The number of hydrogen-bond donors (Lipinski definition) is 0. The lowest BCUT2D eigenvalue weighted by atomic mass is 9.92. The molecule has 224 valence electrons. The van der Waals surface area contributed by atoms with Gasteiger partial charge in [0.25, 0.3) is 0 Å². The second-order valence-corrected chi connectivity index (χ2v) is 12.4. The van der Waals surface area contributed by atoms with Crippen LogP contribution in [0, 0.1) is 5.41 Å². The zero-order chi connectivity index (χ0) is 31.4. The van der Waals surface area contributed by atoms with Crippen LogP contribution >= 0.6 is 34.8 Å². The number of carbonyl (C=O) groups is 2. The highest BCUT2D eigenvalue weighted by Crippen LogP contribution is 2.54. The van der Waals surface area contributed by atoms with Gasteiger partial charge in [0.2, 0.25) is 11.5 Å². The quantitative estimate of drug-likeness (QED) is 0.123. The molecule has 0 saturated heterocycles. The van der Waals surface area contributed by atoms with Crippen LogP contribution in [-0.2, 0) is 4.79 Å². The lowest BCUT2D eigenvalue weighted by molar-refractivity contribution is -0.136.